The summed E-state index contributed by atoms with van der Waals surface area (Å²) in [6.07, 6.45) is 0.766. The fourth-order valence-electron chi connectivity index (χ4n) is 2.91. The largest absolute Gasteiger partial charge is 0.497 e. The molecule has 0 atom stereocenters. The van der Waals surface area contributed by atoms with E-state index in [4.69, 9.17) is 9.47 Å². The van der Waals surface area contributed by atoms with Gasteiger partial charge in [0.15, 0.2) is 12.9 Å². The molecule has 3 aromatic rings. The van der Waals surface area contributed by atoms with E-state index in [0.717, 1.165) is 28.4 Å². The number of carbonyl (C=O) groups excluding carboxylic acids is 2. The van der Waals surface area contributed by atoms with Crippen LogP contribution >= 0.6 is 0 Å². The fraction of sp³-hybridized carbons (Fsp3) is 0.182. The average Bonchev–Trinajstić information content (AvgIpc) is 2.71. The van der Waals surface area contributed by atoms with E-state index in [-0.39, 0.29) is 12.5 Å². The average molecular weight is 363 g/mol. The molecule has 27 heavy (non-hydrogen) atoms. The molecule has 3 rings (SSSR count). The van der Waals surface area contributed by atoms with Gasteiger partial charge in [-0.2, -0.15) is 0 Å². The van der Waals surface area contributed by atoms with Crippen molar-refractivity contribution in [3.8, 4) is 11.5 Å². The van der Waals surface area contributed by atoms with Crippen LogP contribution < -0.4 is 9.47 Å². The molecule has 138 valence electrons. The van der Waals surface area contributed by atoms with E-state index in [2.05, 4.69) is 0 Å². The van der Waals surface area contributed by atoms with Crippen molar-refractivity contribution in [2.45, 2.75) is 6.54 Å². The second-order valence-corrected chi connectivity index (χ2v) is 6.21. The van der Waals surface area contributed by atoms with Crippen molar-refractivity contribution in [3.05, 3.63) is 71.8 Å². The van der Waals surface area contributed by atoms with Crippen LogP contribution in [0.15, 0.2) is 60.7 Å². The molecule has 0 aliphatic carbocycles. The molecular formula is C22H21NO4. The molecule has 0 heterocycles. The monoisotopic (exact) mass is 363 g/mol. The lowest BCUT2D eigenvalue weighted by molar-refractivity contribution is -0.132. The number of amides is 1. The van der Waals surface area contributed by atoms with E-state index in [0.29, 0.717) is 17.9 Å². The molecule has 0 aromatic heterocycles. The Bertz CT molecular complexity index is 967. The number of ether oxygens (including phenoxy) is 2. The third-order valence-electron chi connectivity index (χ3n) is 4.38. The normalized spacial score (nSPS) is 10.4. The van der Waals surface area contributed by atoms with Gasteiger partial charge in [0, 0.05) is 13.6 Å². The second-order valence-electron chi connectivity index (χ2n) is 6.21. The first-order valence-electron chi connectivity index (χ1n) is 8.59. The summed E-state index contributed by atoms with van der Waals surface area (Å²) < 4.78 is 10.9. The number of rotatable bonds is 7. The summed E-state index contributed by atoms with van der Waals surface area (Å²) in [5, 5.41) is 1.76. The number of fused-ring (bicyclic) bond motifs is 1. The molecule has 0 fully saturated rings. The zero-order valence-corrected chi connectivity index (χ0v) is 15.3. The van der Waals surface area contributed by atoms with Crippen molar-refractivity contribution in [1.29, 1.82) is 0 Å². The molecule has 5 heteroatoms. The van der Waals surface area contributed by atoms with Gasteiger partial charge in [-0.1, -0.05) is 42.5 Å². The van der Waals surface area contributed by atoms with Crippen LogP contribution in [0.2, 0.25) is 0 Å². The number of nitrogens with zero attached hydrogens (tertiary/aromatic N) is 1. The predicted molar refractivity (Wildman–Crippen MR) is 104 cm³/mol. The highest BCUT2D eigenvalue weighted by Crippen LogP contribution is 2.26. The molecule has 0 saturated heterocycles. The Morgan fingerprint density at radius 1 is 1.07 bits per heavy atom. The van der Waals surface area contributed by atoms with Crippen molar-refractivity contribution in [2.24, 2.45) is 0 Å². The molecule has 3 aromatic carbocycles. The van der Waals surface area contributed by atoms with E-state index < -0.39 is 0 Å². The van der Waals surface area contributed by atoms with Crippen molar-refractivity contribution in [1.82, 2.24) is 4.90 Å². The van der Waals surface area contributed by atoms with Crippen molar-refractivity contribution >= 4 is 23.0 Å². The van der Waals surface area contributed by atoms with Gasteiger partial charge in [-0.05, 0) is 34.5 Å². The number of carbonyl (C=O) groups is 2. The topological polar surface area (TPSA) is 55.8 Å². The van der Waals surface area contributed by atoms with E-state index in [9.17, 15) is 9.59 Å². The number of benzene rings is 3. The summed E-state index contributed by atoms with van der Waals surface area (Å²) in [5.41, 5.74) is 1.42. The van der Waals surface area contributed by atoms with Gasteiger partial charge >= 0.3 is 0 Å². The van der Waals surface area contributed by atoms with E-state index in [1.54, 1.807) is 25.1 Å². The zero-order valence-electron chi connectivity index (χ0n) is 15.3. The van der Waals surface area contributed by atoms with Gasteiger partial charge in [-0.3, -0.25) is 9.59 Å². The highest BCUT2D eigenvalue weighted by molar-refractivity contribution is 6.00. The summed E-state index contributed by atoms with van der Waals surface area (Å²) in [6, 6.07) is 18.7. The van der Waals surface area contributed by atoms with Crippen LogP contribution in [0, 0.1) is 0 Å². The molecule has 0 aliphatic heterocycles. The minimum absolute atomic E-state index is 0.139. The Morgan fingerprint density at radius 3 is 2.67 bits per heavy atom. The molecular weight excluding hydrogens is 342 g/mol. The highest BCUT2D eigenvalue weighted by Gasteiger charge is 2.13. The SMILES string of the molecule is COc1cccc(CN(C)C(=O)COc2ccc3ccccc3c2C=O)c1. The number of hydrogen-bond donors (Lipinski definition) is 0. The van der Waals surface area contributed by atoms with Gasteiger partial charge in [-0.25, -0.2) is 0 Å². The maximum absolute atomic E-state index is 12.4. The number of aldehydes is 1. The minimum Gasteiger partial charge on any atom is -0.497 e. The molecule has 5 nitrogen and oxygen atoms in total. The standard InChI is InChI=1S/C22H21NO4/c1-23(13-16-6-5-8-18(12-16)26-2)22(25)15-27-21-11-10-17-7-3-4-9-19(17)20(21)14-24/h3-12,14H,13,15H2,1-2H3. The number of hydrogen-bond acceptors (Lipinski definition) is 4. The molecule has 0 spiro atoms. The summed E-state index contributed by atoms with van der Waals surface area (Å²) >= 11 is 0. The lowest BCUT2D eigenvalue weighted by atomic mass is 10.0. The maximum Gasteiger partial charge on any atom is 0.260 e. The molecule has 0 radical (unpaired) electrons. The quantitative estimate of drug-likeness (QED) is 0.601. The molecule has 0 saturated carbocycles. The second kappa shape index (κ2) is 8.36. The first-order valence-corrected chi connectivity index (χ1v) is 8.59. The Kier molecular flexibility index (Phi) is 5.71. The lowest BCUT2D eigenvalue weighted by Gasteiger charge is -2.18. The summed E-state index contributed by atoms with van der Waals surface area (Å²) in [6.45, 7) is 0.303. The zero-order chi connectivity index (χ0) is 19.2. The highest BCUT2D eigenvalue weighted by atomic mass is 16.5. The fourth-order valence-corrected chi connectivity index (χ4v) is 2.91. The summed E-state index contributed by atoms with van der Waals surface area (Å²) in [5.74, 6) is 0.978. The minimum atomic E-state index is -0.178. The number of methoxy groups -OCH3 is 1. The van der Waals surface area contributed by atoms with Crippen molar-refractivity contribution in [2.75, 3.05) is 20.8 Å². The molecule has 0 aliphatic rings. The summed E-state index contributed by atoms with van der Waals surface area (Å²) in [4.78, 5) is 25.5. The third-order valence-corrected chi connectivity index (χ3v) is 4.38. The van der Waals surface area contributed by atoms with Crippen LogP contribution in [0.25, 0.3) is 10.8 Å². The first kappa shape index (κ1) is 18.5. The smallest absolute Gasteiger partial charge is 0.260 e. The van der Waals surface area contributed by atoms with Crippen LogP contribution in [0.1, 0.15) is 15.9 Å². The molecule has 0 N–H and O–H groups in total. The lowest BCUT2D eigenvalue weighted by Crippen LogP contribution is -2.31. The van der Waals surface area contributed by atoms with Gasteiger partial charge in [0.1, 0.15) is 11.5 Å². The third kappa shape index (κ3) is 4.26. The Labute approximate surface area is 158 Å². The van der Waals surface area contributed by atoms with E-state index in [1.807, 2.05) is 54.6 Å². The van der Waals surface area contributed by atoms with Crippen molar-refractivity contribution in [3.63, 3.8) is 0 Å². The summed E-state index contributed by atoms with van der Waals surface area (Å²) in [7, 11) is 3.32. The van der Waals surface area contributed by atoms with E-state index in [1.165, 1.54) is 0 Å². The molecule has 0 bridgehead atoms. The van der Waals surface area contributed by atoms with E-state index >= 15 is 0 Å². The van der Waals surface area contributed by atoms with Gasteiger partial charge in [0.25, 0.3) is 5.91 Å². The van der Waals surface area contributed by atoms with Gasteiger partial charge in [0.05, 0.1) is 12.7 Å². The van der Waals surface area contributed by atoms with Crippen LogP contribution in [-0.2, 0) is 11.3 Å². The van der Waals surface area contributed by atoms with Crippen LogP contribution in [-0.4, -0.2) is 37.9 Å². The van der Waals surface area contributed by atoms with Gasteiger partial charge in [-0.15, -0.1) is 0 Å². The van der Waals surface area contributed by atoms with Crippen LogP contribution in [0.5, 0.6) is 11.5 Å². The molecule has 1 amide bonds. The maximum atomic E-state index is 12.4. The Hall–Kier alpha value is -3.34. The van der Waals surface area contributed by atoms with Crippen LogP contribution in [0.3, 0.4) is 0 Å². The molecule has 0 unspecified atom stereocenters. The van der Waals surface area contributed by atoms with Gasteiger partial charge in [0.2, 0.25) is 0 Å². The predicted octanol–water partition coefficient (Wildman–Crippen LogP) is 3.70. The Balaban J connectivity index is 1.68. The van der Waals surface area contributed by atoms with Crippen LogP contribution in [0.4, 0.5) is 0 Å². The first-order chi connectivity index (χ1) is 13.1. The van der Waals surface area contributed by atoms with Gasteiger partial charge < -0.3 is 14.4 Å². The Morgan fingerprint density at radius 2 is 1.89 bits per heavy atom. The number of likely N-dealkylation sites (N-methyl/N-ethyl adjacent to an activating group) is 1. The van der Waals surface area contributed by atoms with Crippen molar-refractivity contribution < 1.29 is 19.1 Å².